The van der Waals surface area contributed by atoms with Crippen LogP contribution in [0.25, 0.3) is 0 Å². The van der Waals surface area contributed by atoms with Crippen LogP contribution < -0.4 is 15.5 Å². The van der Waals surface area contributed by atoms with E-state index in [0.29, 0.717) is 11.1 Å². The molecule has 0 aliphatic carbocycles. The molecule has 0 radical (unpaired) electrons. The van der Waals surface area contributed by atoms with Crippen molar-refractivity contribution in [1.82, 2.24) is 10.7 Å². The average Bonchev–Trinajstić information content (AvgIpc) is 2.87. The van der Waals surface area contributed by atoms with Crippen LogP contribution in [0.15, 0.2) is 77.9 Å². The van der Waals surface area contributed by atoms with Crippen LogP contribution in [0.1, 0.15) is 29.8 Å². The van der Waals surface area contributed by atoms with E-state index in [4.69, 9.17) is 4.74 Å². The van der Waals surface area contributed by atoms with Crippen LogP contribution >= 0.6 is 0 Å². The summed E-state index contributed by atoms with van der Waals surface area (Å²) in [5, 5.41) is 28.9. The first-order chi connectivity index (χ1) is 17.7. The molecule has 190 valence electrons. The summed E-state index contributed by atoms with van der Waals surface area (Å²) < 4.78 is 5.57. The molecule has 3 aromatic rings. The molecule has 12 heteroatoms. The molecule has 1 atom stereocenters. The average molecular weight is 505 g/mol. The molecule has 0 spiro atoms. The fraction of sp³-hybridized carbons (Fsp3) is 0.160. The summed E-state index contributed by atoms with van der Waals surface area (Å²) in [5.41, 5.74) is 2.33. The Hall–Kier alpha value is -5.13. The number of nitro benzene ring substituents is 2. The number of rotatable bonds is 10. The zero-order valence-electron chi connectivity index (χ0n) is 19.9. The summed E-state index contributed by atoms with van der Waals surface area (Å²) in [6, 6.07) is 17.1. The first kappa shape index (κ1) is 26.5. The van der Waals surface area contributed by atoms with Gasteiger partial charge in [-0.3, -0.25) is 29.8 Å². The van der Waals surface area contributed by atoms with Gasteiger partial charge in [0.15, 0.2) is 0 Å². The summed E-state index contributed by atoms with van der Waals surface area (Å²) in [4.78, 5) is 45.8. The van der Waals surface area contributed by atoms with E-state index < -0.39 is 33.2 Å². The summed E-state index contributed by atoms with van der Waals surface area (Å²) in [6.07, 6.45) is 1.34. The fourth-order valence-corrected chi connectivity index (χ4v) is 3.22. The lowest BCUT2D eigenvalue weighted by Gasteiger charge is -2.20. The molecule has 0 fully saturated rings. The monoisotopic (exact) mass is 505 g/mol. The number of hydrogen-bond acceptors (Lipinski definition) is 8. The van der Waals surface area contributed by atoms with Gasteiger partial charge in [0.2, 0.25) is 5.75 Å². The number of carbonyl (C=O) groups excluding carboxylic acids is 2. The second kappa shape index (κ2) is 12.0. The number of nitrogens with one attached hydrogen (secondary N) is 2. The summed E-state index contributed by atoms with van der Waals surface area (Å²) in [5.74, 6) is -1.07. The summed E-state index contributed by atoms with van der Waals surface area (Å²) >= 11 is 0. The van der Waals surface area contributed by atoms with Crippen LogP contribution in [0.3, 0.4) is 0 Å². The van der Waals surface area contributed by atoms with Gasteiger partial charge in [-0.25, -0.2) is 5.43 Å². The van der Waals surface area contributed by atoms with Gasteiger partial charge in [0.05, 0.1) is 22.1 Å². The molecular weight excluding hydrogens is 482 g/mol. The van der Waals surface area contributed by atoms with Crippen LogP contribution in [0, 0.1) is 26.1 Å². The van der Waals surface area contributed by atoms with Gasteiger partial charge in [0.1, 0.15) is 11.8 Å². The van der Waals surface area contributed by atoms with Crippen LogP contribution in [0.2, 0.25) is 0 Å². The first-order valence-electron chi connectivity index (χ1n) is 11.0. The van der Waals surface area contributed by atoms with E-state index in [2.05, 4.69) is 15.8 Å². The molecule has 37 heavy (non-hydrogen) atoms. The van der Waals surface area contributed by atoms with Crippen molar-refractivity contribution in [2.24, 2.45) is 11.0 Å². The smallest absolute Gasteiger partial charge is 0.318 e. The van der Waals surface area contributed by atoms with Gasteiger partial charge in [-0.2, -0.15) is 5.10 Å². The van der Waals surface area contributed by atoms with E-state index in [1.54, 1.807) is 56.3 Å². The van der Waals surface area contributed by atoms with Crippen LogP contribution in [0.4, 0.5) is 11.4 Å². The van der Waals surface area contributed by atoms with Crippen molar-refractivity contribution >= 4 is 29.4 Å². The van der Waals surface area contributed by atoms with Crippen molar-refractivity contribution in [3.8, 4) is 11.5 Å². The van der Waals surface area contributed by atoms with Crippen molar-refractivity contribution < 1.29 is 24.2 Å². The minimum Gasteiger partial charge on any atom is -0.450 e. The lowest BCUT2D eigenvalue weighted by molar-refractivity contribution is -0.394. The fourth-order valence-electron chi connectivity index (χ4n) is 3.22. The second-order valence-corrected chi connectivity index (χ2v) is 8.14. The highest BCUT2D eigenvalue weighted by Crippen LogP contribution is 2.34. The zero-order valence-corrected chi connectivity index (χ0v) is 19.9. The third-order valence-electron chi connectivity index (χ3n) is 5.10. The number of ether oxygens (including phenoxy) is 1. The van der Waals surface area contributed by atoms with Gasteiger partial charge in [-0.05, 0) is 41.8 Å². The number of benzene rings is 3. The SMILES string of the molecule is CC(C)C(NC(=O)c1ccccc1)C(=O)NN=Cc1cccc(Oc2ccc([N+](=O)[O-])cc2[N+](=O)[O-])c1. The van der Waals surface area contributed by atoms with Gasteiger partial charge in [0.25, 0.3) is 17.5 Å². The maximum absolute atomic E-state index is 12.7. The van der Waals surface area contributed by atoms with Crippen LogP contribution in [0.5, 0.6) is 11.5 Å². The molecule has 1 unspecified atom stereocenters. The molecule has 12 nitrogen and oxygen atoms in total. The summed E-state index contributed by atoms with van der Waals surface area (Å²) in [7, 11) is 0. The lowest BCUT2D eigenvalue weighted by atomic mass is 10.0. The first-order valence-corrected chi connectivity index (χ1v) is 11.0. The van der Waals surface area contributed by atoms with Crippen molar-refractivity contribution in [2.75, 3.05) is 0 Å². The molecule has 0 saturated heterocycles. The van der Waals surface area contributed by atoms with E-state index >= 15 is 0 Å². The number of hydrazone groups is 1. The molecule has 0 saturated carbocycles. The number of nitrogens with zero attached hydrogens (tertiary/aromatic N) is 3. The molecule has 3 aromatic carbocycles. The lowest BCUT2D eigenvalue weighted by Crippen LogP contribution is -2.48. The van der Waals surface area contributed by atoms with E-state index in [-0.39, 0.29) is 23.3 Å². The maximum Gasteiger partial charge on any atom is 0.318 e. The highest BCUT2D eigenvalue weighted by molar-refractivity contribution is 5.97. The van der Waals surface area contributed by atoms with Crippen molar-refractivity contribution in [2.45, 2.75) is 19.9 Å². The molecule has 0 heterocycles. The van der Waals surface area contributed by atoms with Crippen LogP contribution in [-0.4, -0.2) is 33.9 Å². The topological polar surface area (TPSA) is 166 Å². The van der Waals surface area contributed by atoms with E-state index in [0.717, 1.165) is 18.2 Å². The quantitative estimate of drug-likeness (QED) is 0.237. The van der Waals surface area contributed by atoms with Crippen molar-refractivity contribution in [3.05, 3.63) is 104 Å². The Labute approximate surface area is 211 Å². The highest BCUT2D eigenvalue weighted by Gasteiger charge is 2.24. The van der Waals surface area contributed by atoms with Crippen molar-refractivity contribution in [3.63, 3.8) is 0 Å². The number of hydrogen-bond donors (Lipinski definition) is 2. The number of non-ortho nitro benzene ring substituents is 1. The predicted octanol–water partition coefficient (Wildman–Crippen LogP) is 4.20. The number of carbonyl (C=O) groups is 2. The standard InChI is InChI=1S/C25H23N5O7/c1-16(2)23(27-24(31)18-8-4-3-5-9-18)25(32)28-26-15-17-7-6-10-20(13-17)37-22-12-11-19(29(33)34)14-21(22)30(35)36/h3-16,23H,1-2H3,(H,27,31)(H,28,32). The Balaban J connectivity index is 1.68. The Morgan fingerprint density at radius 3 is 2.32 bits per heavy atom. The third kappa shape index (κ3) is 7.18. The minimum absolute atomic E-state index is 0.174. The normalized spacial score (nSPS) is 11.6. The van der Waals surface area contributed by atoms with Gasteiger partial charge >= 0.3 is 5.69 Å². The predicted molar refractivity (Wildman–Crippen MR) is 135 cm³/mol. The van der Waals surface area contributed by atoms with Gasteiger partial charge < -0.3 is 10.1 Å². The maximum atomic E-state index is 12.7. The van der Waals surface area contributed by atoms with Crippen molar-refractivity contribution in [1.29, 1.82) is 0 Å². The van der Waals surface area contributed by atoms with E-state index in [9.17, 15) is 29.8 Å². The Kier molecular flexibility index (Phi) is 8.60. The molecule has 0 aliphatic heterocycles. The van der Waals surface area contributed by atoms with Gasteiger partial charge in [0, 0.05) is 11.6 Å². The zero-order chi connectivity index (χ0) is 26.9. The Morgan fingerprint density at radius 2 is 1.68 bits per heavy atom. The van der Waals surface area contributed by atoms with Gasteiger partial charge in [-0.15, -0.1) is 0 Å². The van der Waals surface area contributed by atoms with E-state index in [1.807, 2.05) is 0 Å². The number of nitro groups is 2. The summed E-state index contributed by atoms with van der Waals surface area (Å²) in [6.45, 7) is 3.58. The minimum atomic E-state index is -0.831. The van der Waals surface area contributed by atoms with Crippen LogP contribution in [-0.2, 0) is 4.79 Å². The molecular formula is C25H23N5O7. The largest absolute Gasteiger partial charge is 0.450 e. The molecule has 0 bridgehead atoms. The molecule has 0 aliphatic rings. The Morgan fingerprint density at radius 1 is 0.946 bits per heavy atom. The Bertz CT molecular complexity index is 1340. The molecule has 2 N–H and O–H groups in total. The highest BCUT2D eigenvalue weighted by atomic mass is 16.6. The second-order valence-electron chi connectivity index (χ2n) is 8.14. The molecule has 3 rings (SSSR count). The molecule has 0 aromatic heterocycles. The number of amides is 2. The van der Waals surface area contributed by atoms with E-state index in [1.165, 1.54) is 18.3 Å². The van der Waals surface area contributed by atoms with Gasteiger partial charge in [-0.1, -0.05) is 44.2 Å². The third-order valence-corrected chi connectivity index (χ3v) is 5.10. The molecule has 2 amide bonds.